The molecule has 5 aromatic carbocycles. The fourth-order valence-electron chi connectivity index (χ4n) is 17.5. The van der Waals surface area contributed by atoms with Crippen molar-refractivity contribution in [2.24, 2.45) is 34.8 Å². The molecule has 7 aromatic rings. The van der Waals surface area contributed by atoms with Crippen molar-refractivity contribution >= 4 is 168 Å². The number of likely N-dealkylation sites (tertiary alicyclic amines) is 2. The van der Waals surface area contributed by atoms with Crippen LogP contribution in [0.5, 0.6) is 11.5 Å². The fraction of sp³-hybridized carbons (Fsp3) is 0.476. The quantitative estimate of drug-likeness (QED) is 0.00855. The number of H-pyrrole nitrogens is 2. The van der Waals surface area contributed by atoms with Crippen molar-refractivity contribution in [1.82, 2.24) is 93.9 Å². The van der Waals surface area contributed by atoms with E-state index in [-0.39, 0.29) is 157 Å². The maximum Gasteiger partial charge on any atom is 0.326 e. The molecule has 13 atom stereocenters. The number of aliphatic carboxylic acids is 1. The number of primary amides is 2. The molecule has 0 aliphatic carbocycles. The Balaban J connectivity index is 0.893. The number of fused-ring (bicyclic) bond motifs is 1. The molecule has 2 fully saturated rings. The molecule has 16 amide bonds. The number of carbonyl (C=O) groups excluding carboxylic acids is 17. The van der Waals surface area contributed by atoms with Crippen molar-refractivity contribution in [1.29, 1.82) is 5.41 Å². The van der Waals surface area contributed by atoms with Gasteiger partial charge in [0.2, 0.25) is 94.5 Å². The average molecular weight is 2290 g/mol. The molecule has 2 aliphatic rings. The Labute approximate surface area is 889 Å². The third-order valence-electron chi connectivity index (χ3n) is 25.5. The van der Waals surface area contributed by atoms with Gasteiger partial charge < -0.3 is 127 Å². The van der Waals surface area contributed by atoms with Crippen LogP contribution in [0.25, 0.3) is 10.9 Å². The molecule has 27 N–H and O–H groups in total. The van der Waals surface area contributed by atoms with Crippen LogP contribution in [0.1, 0.15) is 200 Å². The van der Waals surface area contributed by atoms with Crippen LogP contribution in [-0.2, 0) is 114 Å². The molecular weight excluding hydrogens is 2150 g/mol. The number of aryl methyl sites for hydroxylation is 1. The highest BCUT2D eigenvalue weighted by Crippen LogP contribution is 2.30. The number of aromatic nitrogens is 3. The number of hydrogen-bond acceptors (Lipinski definition) is 23. The summed E-state index contributed by atoms with van der Waals surface area (Å²) >= 11 is 4.06. The number of rotatable bonds is 60. The summed E-state index contributed by atoms with van der Waals surface area (Å²) in [5.41, 5.74) is 27.5. The van der Waals surface area contributed by atoms with E-state index in [9.17, 15) is 68.1 Å². The third-order valence-corrected chi connectivity index (χ3v) is 27.1. The topological polar surface area (TPSA) is 703 Å². The zero-order valence-electron chi connectivity index (χ0n) is 84.0. The maximum atomic E-state index is 15.5. The van der Waals surface area contributed by atoms with E-state index in [1.165, 1.54) is 58.7 Å². The van der Waals surface area contributed by atoms with E-state index in [1.807, 2.05) is 82.4 Å². The first-order valence-corrected chi connectivity index (χ1v) is 52.2. The van der Waals surface area contributed by atoms with E-state index in [0.29, 0.717) is 73.6 Å². The summed E-state index contributed by atoms with van der Waals surface area (Å²) in [6, 6.07) is 12.6. The van der Waals surface area contributed by atoms with Crippen molar-refractivity contribution < 1.29 is 102 Å². The standard InChI is InChI=1S/C103H137I2N23O21/c1-6-7-22-72(91(137)126-81(102(148)149)50-60-29-34-66(129)35-30-60)119-99(145)83-26-17-44-128(83)101(147)75(37-39-85(108)131)117-87(133)55-115-98(144)82-25-16-43-127(82)100(146)74(24-15-42-113-103(109)110)120-94(140)77(46-58(4)5)122-92(138)73(36-38-84(107)130)118-93(139)76(45-57(2)3)123-95(141)78(49-59-27-32-63(33-28-59)88(134)62-18-9-8-10-19-62)124-97(143)80(52-65-54-111-56-116-65)125-96(142)79(51-64-53-114-71-23-12-11-20-67(64)71)121-90(136)70(106)21-13-14-41-112-86(132)40-31-61-47-68(104)89(135)69(105)48-61/h8-12,18-20,23,27-30,32-35,47-48,53-54,56-58,70,72-83,114,129,135H,6-7,13-17,21-22,24-26,31,36-46,49-52,55,106H2,1-5H3,(H2,107,130)(H2,108,131)(H,111,116)(H,112,132)(H,115,144)(H,117,133)(H,118,139)(H,119,145)(H,120,140)(H,121,136)(H,122,138)(H,123,141)(H,124,143)(H,125,142)(H,126,137)(H,148,149)(H4,109,110,113)/t70-,72-,73-,74-,75-,76-,77-,78-,79-,80-,81-,82-,83-/m0/s1. The molecule has 149 heavy (non-hydrogen) atoms. The van der Waals surface area contributed by atoms with Gasteiger partial charge in [0, 0.05) is 111 Å². The number of phenolic OH excluding ortho intramolecular Hbond substituents is 2. The number of unbranched alkanes of at least 4 members (excludes halogenated alkanes) is 2. The normalized spacial score (nSPS) is 15.5. The minimum atomic E-state index is -1.69. The van der Waals surface area contributed by atoms with Gasteiger partial charge in [-0.1, -0.05) is 132 Å². The van der Waals surface area contributed by atoms with Gasteiger partial charge in [-0.25, -0.2) is 9.78 Å². The number of aromatic hydroxyl groups is 2. The number of carboxylic acids is 1. The molecule has 0 bridgehead atoms. The lowest BCUT2D eigenvalue weighted by molar-refractivity contribution is -0.144. The molecule has 2 saturated heterocycles. The van der Waals surface area contributed by atoms with Crippen LogP contribution in [0, 0.1) is 24.4 Å². The van der Waals surface area contributed by atoms with Gasteiger partial charge in [0.15, 0.2) is 11.7 Å². The van der Waals surface area contributed by atoms with Crippen LogP contribution < -0.4 is 92.1 Å². The Bertz CT molecular complexity index is 5810. The van der Waals surface area contributed by atoms with Gasteiger partial charge >= 0.3 is 5.97 Å². The molecule has 804 valence electrons. The zero-order chi connectivity index (χ0) is 109. The second-order valence-electron chi connectivity index (χ2n) is 38.2. The zero-order valence-corrected chi connectivity index (χ0v) is 88.3. The van der Waals surface area contributed by atoms with Crippen molar-refractivity contribution in [3.05, 3.63) is 180 Å². The lowest BCUT2D eigenvalue weighted by atomic mass is 9.98. The van der Waals surface area contributed by atoms with E-state index < -0.39 is 211 Å². The number of benzene rings is 5. The highest BCUT2D eigenvalue weighted by molar-refractivity contribution is 14.1. The number of hydrogen-bond donors (Lipinski definition) is 23. The predicted octanol–water partition coefficient (Wildman–Crippen LogP) is 2.37. The number of halogens is 2. The Hall–Kier alpha value is -14.2. The first-order chi connectivity index (χ1) is 71.0. The summed E-state index contributed by atoms with van der Waals surface area (Å²) < 4.78 is 1.34. The van der Waals surface area contributed by atoms with E-state index in [4.69, 9.17) is 28.3 Å². The minimum absolute atomic E-state index is 0.00266. The van der Waals surface area contributed by atoms with Gasteiger partial charge in [-0.2, -0.15) is 0 Å². The van der Waals surface area contributed by atoms with Crippen LogP contribution in [-0.4, -0.2) is 264 Å². The highest BCUT2D eigenvalue weighted by Gasteiger charge is 2.44. The number of carbonyl (C=O) groups is 18. The number of nitrogens with two attached hydrogens (primary N) is 4. The first-order valence-electron chi connectivity index (χ1n) is 50.0. The summed E-state index contributed by atoms with van der Waals surface area (Å²) in [5, 5.41) is 73.7. The molecule has 0 radical (unpaired) electrons. The van der Waals surface area contributed by atoms with Gasteiger partial charge in [-0.3, -0.25) is 86.9 Å². The number of guanidine groups is 1. The molecule has 2 aromatic heterocycles. The largest absolute Gasteiger partial charge is 0.508 e. The van der Waals surface area contributed by atoms with E-state index in [2.05, 4.69) is 84.1 Å². The van der Waals surface area contributed by atoms with Crippen LogP contribution >= 0.6 is 45.2 Å². The number of phenols is 2. The Morgan fingerprint density at radius 3 is 1.51 bits per heavy atom. The van der Waals surface area contributed by atoms with Crippen molar-refractivity contribution in [3.63, 3.8) is 0 Å². The van der Waals surface area contributed by atoms with Crippen LogP contribution in [0.2, 0.25) is 0 Å². The lowest BCUT2D eigenvalue weighted by Gasteiger charge is -2.31. The molecule has 46 heteroatoms. The Morgan fingerprint density at radius 1 is 0.470 bits per heavy atom. The van der Waals surface area contributed by atoms with E-state index in [1.54, 1.807) is 82.4 Å². The number of nitrogens with one attached hydrogen (secondary N) is 16. The number of para-hydroxylation sites is 1. The van der Waals surface area contributed by atoms with Crippen molar-refractivity contribution in [3.8, 4) is 11.5 Å². The molecule has 0 saturated carbocycles. The molecule has 2 aliphatic heterocycles. The first kappa shape index (κ1) is 118. The number of ketones is 1. The summed E-state index contributed by atoms with van der Waals surface area (Å²) in [5.74, 6) is -16.1. The molecular formula is C103H137I2N23O21. The van der Waals surface area contributed by atoms with Gasteiger partial charge in [-0.15, -0.1) is 0 Å². The SMILES string of the molecule is CCCC[C@H](NC(=O)[C@@H]1CCCN1C(=O)[C@H](CCC(N)=O)NC(=O)CNC(=O)[C@@H]1CCCN1C(=O)[C@H](CCCNC(=N)N)NC(=O)[C@H](CC(C)C)NC(=O)[C@H](CCC(N)=O)NC(=O)[C@H](CC(C)C)NC(=O)[C@H](Cc1ccc(C(=O)c2ccccc2)cc1)NC(=O)[C@H](Cc1cnc[nH]1)NC(=O)[C@H](Cc1c[nH]c2ccccc12)NC(=O)[C@@H](N)CCCCNC(=O)CCc1cc(I)c(O)c(I)c1)C(=O)N[C@@H](Cc1ccc(O)cc1)C(=O)O. The number of aromatic amines is 2. The summed E-state index contributed by atoms with van der Waals surface area (Å²) in [7, 11) is 0. The second-order valence-corrected chi connectivity index (χ2v) is 40.5. The summed E-state index contributed by atoms with van der Waals surface area (Å²) in [6.45, 7) is 8.22. The molecule has 0 spiro atoms. The van der Waals surface area contributed by atoms with Crippen LogP contribution in [0.4, 0.5) is 0 Å². The van der Waals surface area contributed by atoms with Crippen LogP contribution in [0.3, 0.4) is 0 Å². The monoisotopic (exact) mass is 2290 g/mol. The van der Waals surface area contributed by atoms with E-state index >= 15 is 33.6 Å². The molecule has 4 heterocycles. The van der Waals surface area contributed by atoms with E-state index in [0.717, 1.165) is 16.5 Å². The number of carboxylic acid groups (broad SMARTS) is 1. The Morgan fingerprint density at radius 2 is 0.946 bits per heavy atom. The van der Waals surface area contributed by atoms with Crippen molar-refractivity contribution in [2.75, 3.05) is 32.7 Å². The molecule has 0 unspecified atom stereocenters. The van der Waals surface area contributed by atoms with Gasteiger partial charge in [0.25, 0.3) is 0 Å². The lowest BCUT2D eigenvalue weighted by Crippen LogP contribution is -2.61. The number of imidazole rings is 1. The maximum absolute atomic E-state index is 15.5. The van der Waals surface area contributed by atoms with Crippen molar-refractivity contribution in [2.45, 2.75) is 267 Å². The Kier molecular flexibility index (Phi) is 46.9. The fourth-order valence-corrected chi connectivity index (χ4v) is 19.4. The molecule has 9 rings (SSSR count). The molecule has 44 nitrogen and oxygen atoms in total. The van der Waals surface area contributed by atoms with Gasteiger partial charge in [-0.05, 0) is 206 Å². The van der Waals surface area contributed by atoms with Gasteiger partial charge in [0.05, 0.1) is 26.1 Å². The highest BCUT2D eigenvalue weighted by atomic mass is 127. The third kappa shape index (κ3) is 37.9. The second kappa shape index (κ2) is 59.1. The van der Waals surface area contributed by atoms with Gasteiger partial charge in [0.1, 0.15) is 84.0 Å². The number of amides is 16. The summed E-state index contributed by atoms with van der Waals surface area (Å²) in [4.78, 5) is 268. The predicted molar refractivity (Wildman–Crippen MR) is 567 cm³/mol. The smallest absolute Gasteiger partial charge is 0.326 e. The van der Waals surface area contributed by atoms with Crippen LogP contribution in [0.15, 0.2) is 134 Å². The number of nitrogens with zero attached hydrogens (tertiary/aromatic N) is 3. The summed E-state index contributed by atoms with van der Waals surface area (Å²) in [6.07, 6.45) is 4.87. The minimum Gasteiger partial charge on any atom is -0.508 e. The average Bonchev–Trinajstić information content (AvgIpc) is 1.74.